The van der Waals surface area contributed by atoms with E-state index >= 15 is 0 Å². The normalized spacial score (nSPS) is 17.7. The lowest BCUT2D eigenvalue weighted by atomic mass is 9.96. The van der Waals surface area contributed by atoms with Crippen molar-refractivity contribution in [2.75, 3.05) is 36.9 Å². The number of aromatic nitrogens is 5. The molecule has 3 aromatic rings. The number of nitrogens with one attached hydrogen (secondary N) is 1. The summed E-state index contributed by atoms with van der Waals surface area (Å²) in [5.74, 6) is 0.513. The fourth-order valence-corrected chi connectivity index (χ4v) is 4.23. The summed E-state index contributed by atoms with van der Waals surface area (Å²) in [5.41, 5.74) is 1.47. The summed E-state index contributed by atoms with van der Waals surface area (Å²) in [4.78, 5) is 39.0. The lowest BCUT2D eigenvalue weighted by Crippen LogP contribution is -2.32. The van der Waals surface area contributed by atoms with E-state index in [1.54, 1.807) is 29.7 Å². The number of thiazole rings is 1. The minimum atomic E-state index is 0.0914. The monoisotopic (exact) mass is 452 g/mol. The molecular formula is C21H24N8O2S. The number of ether oxygens (including phenoxy) is 1. The van der Waals surface area contributed by atoms with Crippen LogP contribution in [0.15, 0.2) is 30.9 Å². The molecule has 32 heavy (non-hydrogen) atoms. The summed E-state index contributed by atoms with van der Waals surface area (Å²) in [5, 5.41) is 3.77. The maximum absolute atomic E-state index is 12.4. The van der Waals surface area contributed by atoms with Crippen molar-refractivity contribution in [1.29, 1.82) is 0 Å². The number of nitrogens with zero attached hydrogens (tertiary/aromatic N) is 7. The van der Waals surface area contributed by atoms with E-state index in [9.17, 15) is 4.79 Å². The molecule has 10 nitrogen and oxygen atoms in total. The van der Waals surface area contributed by atoms with Gasteiger partial charge in [-0.1, -0.05) is 11.3 Å². The van der Waals surface area contributed by atoms with Crippen LogP contribution in [0.2, 0.25) is 0 Å². The molecule has 5 rings (SSSR count). The number of hydrogen-bond donors (Lipinski definition) is 1. The third-order valence-electron chi connectivity index (χ3n) is 5.60. The molecule has 1 N–H and O–H groups in total. The minimum Gasteiger partial charge on any atom is -0.460 e. The van der Waals surface area contributed by atoms with Gasteiger partial charge in [-0.3, -0.25) is 4.79 Å². The van der Waals surface area contributed by atoms with Crippen LogP contribution in [-0.4, -0.2) is 68.5 Å². The summed E-state index contributed by atoms with van der Waals surface area (Å²) in [7, 11) is 2.02. The molecule has 0 spiro atoms. The Kier molecular flexibility index (Phi) is 5.91. The summed E-state index contributed by atoms with van der Waals surface area (Å²) in [6.07, 6.45) is 10.8. The van der Waals surface area contributed by atoms with E-state index in [1.165, 1.54) is 17.8 Å². The zero-order chi connectivity index (χ0) is 21.9. The molecule has 3 aromatic heterocycles. The van der Waals surface area contributed by atoms with Gasteiger partial charge < -0.3 is 19.9 Å². The molecule has 4 heterocycles. The van der Waals surface area contributed by atoms with Gasteiger partial charge in [-0.25, -0.2) is 19.9 Å². The van der Waals surface area contributed by atoms with Crippen molar-refractivity contribution in [3.8, 4) is 16.6 Å². The van der Waals surface area contributed by atoms with Crippen molar-refractivity contribution in [1.82, 2.24) is 29.8 Å². The highest BCUT2D eigenvalue weighted by molar-refractivity contribution is 7.18. The van der Waals surface area contributed by atoms with Gasteiger partial charge in [0.15, 0.2) is 5.13 Å². The number of hydrogen-bond acceptors (Lipinski definition) is 10. The summed E-state index contributed by atoms with van der Waals surface area (Å²) in [6.45, 7) is 2.22. The largest absolute Gasteiger partial charge is 0.460 e. The van der Waals surface area contributed by atoms with Crippen molar-refractivity contribution in [3.63, 3.8) is 0 Å². The second-order valence-corrected chi connectivity index (χ2v) is 8.94. The average molecular weight is 453 g/mol. The van der Waals surface area contributed by atoms with Crippen LogP contribution in [0, 0.1) is 0 Å². The van der Waals surface area contributed by atoms with E-state index in [1.807, 2.05) is 13.1 Å². The molecule has 1 aliphatic carbocycles. The zero-order valence-corrected chi connectivity index (χ0v) is 18.6. The molecule has 0 bridgehead atoms. The Morgan fingerprint density at radius 2 is 1.94 bits per heavy atom. The first kappa shape index (κ1) is 20.7. The molecule has 1 saturated heterocycles. The third kappa shape index (κ3) is 4.68. The molecule has 2 fully saturated rings. The summed E-state index contributed by atoms with van der Waals surface area (Å²) in [6, 6.07) is 2.24. The lowest BCUT2D eigenvalue weighted by molar-refractivity contribution is -0.118. The number of carbonyl (C=O) groups is 1. The molecule has 166 valence electrons. The van der Waals surface area contributed by atoms with E-state index in [2.05, 4.69) is 35.1 Å². The fourth-order valence-electron chi connectivity index (χ4n) is 3.45. The van der Waals surface area contributed by atoms with Gasteiger partial charge in [-0.15, -0.1) is 0 Å². The third-order valence-corrected chi connectivity index (χ3v) is 6.53. The molecule has 2 aliphatic rings. The first-order valence-corrected chi connectivity index (χ1v) is 11.5. The lowest BCUT2D eigenvalue weighted by Gasteiger charge is -2.24. The van der Waals surface area contributed by atoms with Crippen LogP contribution in [0.3, 0.4) is 0 Å². The van der Waals surface area contributed by atoms with E-state index < -0.39 is 0 Å². The van der Waals surface area contributed by atoms with Crippen molar-refractivity contribution in [2.45, 2.75) is 31.8 Å². The Hall–Kier alpha value is -3.18. The van der Waals surface area contributed by atoms with Crippen molar-refractivity contribution >= 4 is 34.0 Å². The topological polar surface area (TPSA) is 109 Å². The summed E-state index contributed by atoms with van der Waals surface area (Å²) < 4.78 is 5.79. The second-order valence-electron chi connectivity index (χ2n) is 7.91. The number of amides is 1. The van der Waals surface area contributed by atoms with Gasteiger partial charge in [-0.2, -0.15) is 4.98 Å². The molecular weight excluding hydrogens is 428 g/mol. The second kappa shape index (κ2) is 9.13. The van der Waals surface area contributed by atoms with E-state index in [0.29, 0.717) is 35.7 Å². The number of anilines is 3. The maximum atomic E-state index is 12.4. The number of likely N-dealkylation sites (N-methyl/N-ethyl adjacent to an activating group) is 1. The van der Waals surface area contributed by atoms with E-state index in [4.69, 9.17) is 4.74 Å². The standard InChI is InChI=1S/C21H24N8O2S/c1-28-8-6-18(30)29(10-9-28)14-11-23-19(24-12-14)27-21-25-13-17(32-21)16-5-7-22-20(26-16)31-15-3-2-4-15/h5,7,11-13,15H,2-4,6,8-10H2,1H3,(H,23,24,25,27). The SMILES string of the molecule is CN1CCC(=O)N(c2cnc(Nc3ncc(-c4ccnc(OC5CCC5)n4)s3)nc2)CC1. The molecule has 11 heteroatoms. The highest BCUT2D eigenvalue weighted by Gasteiger charge is 2.22. The highest BCUT2D eigenvalue weighted by Crippen LogP contribution is 2.30. The van der Waals surface area contributed by atoms with Gasteiger partial charge in [0.05, 0.1) is 28.7 Å². The molecule has 0 atom stereocenters. The van der Waals surface area contributed by atoms with E-state index in [0.717, 1.165) is 36.5 Å². The molecule has 1 saturated carbocycles. The highest BCUT2D eigenvalue weighted by atomic mass is 32.1. The van der Waals surface area contributed by atoms with Crippen molar-refractivity contribution < 1.29 is 9.53 Å². The Morgan fingerprint density at radius 1 is 1.09 bits per heavy atom. The Labute approximate surface area is 189 Å². The predicted octanol–water partition coefficient (Wildman–Crippen LogP) is 2.73. The quantitative estimate of drug-likeness (QED) is 0.604. The molecule has 0 aromatic carbocycles. The number of carbonyl (C=O) groups excluding carboxylic acids is 1. The van der Waals surface area contributed by atoms with Gasteiger partial charge >= 0.3 is 6.01 Å². The first-order valence-electron chi connectivity index (χ1n) is 10.7. The zero-order valence-electron chi connectivity index (χ0n) is 17.8. The smallest absolute Gasteiger partial charge is 0.317 e. The van der Waals surface area contributed by atoms with Crippen molar-refractivity contribution in [2.24, 2.45) is 0 Å². The minimum absolute atomic E-state index is 0.0914. The van der Waals surface area contributed by atoms with Crippen LogP contribution in [0.25, 0.3) is 10.6 Å². The fraction of sp³-hybridized carbons (Fsp3) is 0.429. The van der Waals surface area contributed by atoms with Crippen LogP contribution in [-0.2, 0) is 4.79 Å². The van der Waals surface area contributed by atoms with Crippen LogP contribution >= 0.6 is 11.3 Å². The van der Waals surface area contributed by atoms with E-state index in [-0.39, 0.29) is 12.0 Å². The van der Waals surface area contributed by atoms with Crippen LogP contribution < -0.4 is 15.0 Å². The maximum Gasteiger partial charge on any atom is 0.317 e. The van der Waals surface area contributed by atoms with Gasteiger partial charge in [0.25, 0.3) is 0 Å². The number of rotatable bonds is 6. The van der Waals surface area contributed by atoms with Gasteiger partial charge in [0.1, 0.15) is 6.10 Å². The van der Waals surface area contributed by atoms with Crippen LogP contribution in [0.1, 0.15) is 25.7 Å². The predicted molar refractivity (Wildman–Crippen MR) is 121 cm³/mol. The Balaban J connectivity index is 1.25. The first-order chi connectivity index (χ1) is 15.6. The Morgan fingerprint density at radius 3 is 2.72 bits per heavy atom. The van der Waals surface area contributed by atoms with Gasteiger partial charge in [0, 0.05) is 38.4 Å². The molecule has 1 amide bonds. The molecule has 1 aliphatic heterocycles. The Bertz CT molecular complexity index is 1090. The van der Waals surface area contributed by atoms with Crippen LogP contribution in [0.4, 0.5) is 16.8 Å². The molecule has 0 unspecified atom stereocenters. The average Bonchev–Trinajstić information content (AvgIpc) is 3.18. The van der Waals surface area contributed by atoms with Crippen LogP contribution in [0.5, 0.6) is 6.01 Å². The molecule has 0 radical (unpaired) electrons. The summed E-state index contributed by atoms with van der Waals surface area (Å²) >= 11 is 1.45. The van der Waals surface area contributed by atoms with Crippen molar-refractivity contribution in [3.05, 3.63) is 30.9 Å². The van der Waals surface area contributed by atoms with Gasteiger partial charge in [0.2, 0.25) is 11.9 Å². The van der Waals surface area contributed by atoms with Gasteiger partial charge in [-0.05, 0) is 32.4 Å².